The van der Waals surface area contributed by atoms with Gasteiger partial charge in [-0.3, -0.25) is 82.0 Å². The number of hydrogen-bond acceptors (Lipinski definition) is 19. The number of hydrogen-bond donors (Lipinski definition) is 15. The van der Waals surface area contributed by atoms with Gasteiger partial charge in [0.15, 0.2) is 5.96 Å². The number of unbranched alkanes of at least 4 members (excludes halogenated alkanes) is 2. The Morgan fingerprint density at radius 2 is 1.13 bits per heavy atom. The quantitative estimate of drug-likeness (QED) is 0.0122. The van der Waals surface area contributed by atoms with E-state index in [1.165, 1.54) is 9.80 Å². The van der Waals surface area contributed by atoms with Crippen LogP contribution in [0.1, 0.15) is 71.6 Å². The molecule has 0 saturated carbocycles. The number of amides is 7. The van der Waals surface area contributed by atoms with E-state index >= 15 is 0 Å². The summed E-state index contributed by atoms with van der Waals surface area (Å²) >= 11 is 0. The average molecular weight is 1170 g/mol. The van der Waals surface area contributed by atoms with Crippen molar-refractivity contribution < 1.29 is 93.0 Å². The monoisotopic (exact) mass is 1170 g/mol. The standard InChI is InChI=1S/C45H75N13O19S2/c1-3-26(2)39-44(77)53-27(8-7-13-49-45(46)47)41(74)52-28(10-11-33(61)62)42(75)54-29(40(73)50-18-34(63)64)24-78-79-25-30(43(76)55-39)51-31(59)9-5-4-6-12-48-32(60)19-57(21-36(67)68)16-14-56(20-35(65)66)15-17-58(22-37(69)70)23-38(71)72/h26-30,39H,3-25H2,1-2H3,(H,48,60)(H,50,73)(H,51,59)(H,52,74)(H,53,77)(H,54,75)(H,55,76)(H,61,62)(H,63,64)(H,65,66)(H,67,68)(H,69,70)(H,71,72)(H4,46,47,49)/t26-,27+,28+,29?,30?,39?/m1/s1. The maximum Gasteiger partial charge on any atom is 0.322 e. The van der Waals surface area contributed by atoms with Gasteiger partial charge in [0.25, 0.3) is 0 Å². The highest BCUT2D eigenvalue weighted by atomic mass is 33.1. The second-order valence-corrected chi connectivity index (χ2v) is 20.7. The van der Waals surface area contributed by atoms with Crippen molar-refractivity contribution in [2.75, 3.05) is 90.0 Å². The van der Waals surface area contributed by atoms with E-state index in [2.05, 4.69) is 42.2 Å². The van der Waals surface area contributed by atoms with Crippen LogP contribution in [0, 0.1) is 5.92 Å². The van der Waals surface area contributed by atoms with Crippen LogP contribution in [0.4, 0.5) is 0 Å². The number of carboxylic acid groups (broad SMARTS) is 6. The van der Waals surface area contributed by atoms with Crippen molar-refractivity contribution >= 4 is 105 Å². The number of aliphatic carboxylic acids is 6. The second-order valence-electron chi connectivity index (χ2n) is 18.2. The van der Waals surface area contributed by atoms with Crippen LogP contribution in [-0.4, -0.2) is 249 Å². The van der Waals surface area contributed by atoms with Gasteiger partial charge in [0, 0.05) is 63.6 Å². The van der Waals surface area contributed by atoms with Crippen LogP contribution in [0.5, 0.6) is 0 Å². The van der Waals surface area contributed by atoms with Gasteiger partial charge in [0.2, 0.25) is 41.4 Å². The smallest absolute Gasteiger partial charge is 0.322 e. The van der Waals surface area contributed by atoms with Gasteiger partial charge in [-0.2, -0.15) is 0 Å². The van der Waals surface area contributed by atoms with E-state index in [1.807, 2.05) is 0 Å². The summed E-state index contributed by atoms with van der Waals surface area (Å²) in [7, 11) is 1.91. The molecule has 1 saturated heterocycles. The minimum atomic E-state index is -1.57. The van der Waals surface area contributed by atoms with Gasteiger partial charge in [0.1, 0.15) is 36.8 Å². The normalized spacial score (nSPS) is 18.9. The first-order valence-corrected chi connectivity index (χ1v) is 27.5. The molecule has 446 valence electrons. The molecule has 1 fully saturated rings. The summed E-state index contributed by atoms with van der Waals surface area (Å²) in [6.45, 7) is -0.513. The molecule has 0 aromatic heterocycles. The Balaban J connectivity index is 3.22. The number of nitrogens with two attached hydrogens (primary N) is 2. The molecule has 1 rings (SSSR count). The van der Waals surface area contributed by atoms with Crippen LogP contribution < -0.4 is 48.7 Å². The zero-order chi connectivity index (χ0) is 59.6. The molecule has 1 aliphatic heterocycles. The molecule has 1 aliphatic rings. The van der Waals surface area contributed by atoms with E-state index in [0.717, 1.165) is 26.5 Å². The predicted molar refractivity (Wildman–Crippen MR) is 283 cm³/mol. The van der Waals surface area contributed by atoms with E-state index < -0.39 is 165 Å². The summed E-state index contributed by atoms with van der Waals surface area (Å²) in [6, 6.07) is -7.06. The first-order chi connectivity index (χ1) is 37.2. The van der Waals surface area contributed by atoms with Crippen molar-refractivity contribution in [3.05, 3.63) is 0 Å². The third-order valence-electron chi connectivity index (χ3n) is 11.6. The summed E-state index contributed by atoms with van der Waals surface area (Å²) in [4.78, 5) is 171. The fourth-order valence-electron chi connectivity index (χ4n) is 7.32. The second kappa shape index (κ2) is 38.5. The lowest BCUT2D eigenvalue weighted by Crippen LogP contribution is -2.60. The highest BCUT2D eigenvalue weighted by molar-refractivity contribution is 8.76. The summed E-state index contributed by atoms with van der Waals surface area (Å²) in [5.74, 6) is -14.8. The molecule has 0 aromatic carbocycles. The summed E-state index contributed by atoms with van der Waals surface area (Å²) in [6.07, 6.45) is 0.116. The number of carbonyl (C=O) groups is 13. The molecule has 79 heavy (non-hydrogen) atoms. The Morgan fingerprint density at radius 1 is 0.595 bits per heavy atom. The molecule has 0 radical (unpaired) electrons. The van der Waals surface area contributed by atoms with E-state index in [-0.39, 0.29) is 82.4 Å². The van der Waals surface area contributed by atoms with Crippen LogP contribution in [0.2, 0.25) is 0 Å². The van der Waals surface area contributed by atoms with Crippen molar-refractivity contribution in [1.29, 1.82) is 0 Å². The maximum atomic E-state index is 14.1. The summed E-state index contributed by atoms with van der Waals surface area (Å²) < 4.78 is 0. The SMILES string of the molecule is CC[C@@H](C)C1NC(=O)C(NC(=O)CCCCCNC(=O)CN(CCN(CCN(CC(=O)O)CC(=O)O)CC(=O)O)CC(=O)O)CSSCC(C(=O)NCC(=O)O)NC(=O)[C@H](CCC(=O)O)NC(=O)[C@H](CCCN=C(N)N)NC1=O. The highest BCUT2D eigenvalue weighted by Gasteiger charge is 2.35. The Bertz CT molecular complexity index is 2120. The molecular formula is C45H75N13O19S2. The number of carboxylic acids is 6. The third-order valence-corrected chi connectivity index (χ3v) is 14.0. The van der Waals surface area contributed by atoms with E-state index in [0.29, 0.717) is 19.3 Å². The molecule has 6 atom stereocenters. The Morgan fingerprint density at radius 3 is 1.68 bits per heavy atom. The third kappa shape index (κ3) is 32.5. The van der Waals surface area contributed by atoms with Crippen LogP contribution in [0.3, 0.4) is 0 Å². The van der Waals surface area contributed by atoms with Gasteiger partial charge >= 0.3 is 35.8 Å². The van der Waals surface area contributed by atoms with Crippen LogP contribution >= 0.6 is 21.6 Å². The first-order valence-electron chi connectivity index (χ1n) is 25.0. The maximum absolute atomic E-state index is 14.1. The van der Waals surface area contributed by atoms with E-state index in [4.69, 9.17) is 21.7 Å². The molecule has 34 heteroatoms. The Labute approximate surface area is 462 Å². The van der Waals surface area contributed by atoms with Crippen molar-refractivity contribution in [1.82, 2.24) is 51.9 Å². The largest absolute Gasteiger partial charge is 0.481 e. The number of nitrogens with one attached hydrogen (secondary N) is 7. The number of carbonyl (C=O) groups excluding carboxylic acids is 7. The van der Waals surface area contributed by atoms with Crippen molar-refractivity contribution in [3.8, 4) is 0 Å². The highest BCUT2D eigenvalue weighted by Crippen LogP contribution is 2.24. The molecule has 1 heterocycles. The molecule has 0 spiro atoms. The Hall–Kier alpha value is -7.04. The fraction of sp³-hybridized carbons (Fsp3) is 0.689. The van der Waals surface area contributed by atoms with Crippen molar-refractivity contribution in [3.63, 3.8) is 0 Å². The molecule has 7 amide bonds. The van der Waals surface area contributed by atoms with Gasteiger partial charge in [-0.05, 0) is 38.0 Å². The first kappa shape index (κ1) is 70.0. The number of nitrogens with zero attached hydrogens (tertiary/aromatic N) is 4. The predicted octanol–water partition coefficient (Wildman–Crippen LogP) is -5.11. The Kier molecular flexibility index (Phi) is 34.1. The molecule has 0 bridgehead atoms. The summed E-state index contributed by atoms with van der Waals surface area (Å²) in [5.41, 5.74) is 10.9. The zero-order valence-corrected chi connectivity index (χ0v) is 45.6. The van der Waals surface area contributed by atoms with Crippen LogP contribution in [0.25, 0.3) is 0 Å². The molecule has 3 unspecified atom stereocenters. The fourth-order valence-corrected chi connectivity index (χ4v) is 9.65. The van der Waals surface area contributed by atoms with Crippen LogP contribution in [-0.2, 0) is 62.3 Å². The topological polar surface area (TPSA) is 502 Å². The number of aliphatic imine (C=N–C) groups is 1. The van der Waals surface area contributed by atoms with Gasteiger partial charge in [-0.15, -0.1) is 0 Å². The lowest BCUT2D eigenvalue weighted by atomic mass is 9.97. The molecule has 32 nitrogen and oxygen atoms in total. The van der Waals surface area contributed by atoms with E-state index in [9.17, 15) is 82.8 Å². The van der Waals surface area contributed by atoms with E-state index in [1.54, 1.807) is 13.8 Å². The molecule has 17 N–H and O–H groups in total. The average Bonchev–Trinajstić information content (AvgIpc) is 3.35. The minimum absolute atomic E-state index is 0.00937. The van der Waals surface area contributed by atoms with Crippen molar-refractivity contribution in [2.24, 2.45) is 22.4 Å². The minimum Gasteiger partial charge on any atom is -0.481 e. The number of guanidine groups is 1. The van der Waals surface area contributed by atoms with Gasteiger partial charge in [-0.1, -0.05) is 48.3 Å². The molecule has 0 aliphatic carbocycles. The van der Waals surface area contributed by atoms with Gasteiger partial charge in [-0.25, -0.2) is 0 Å². The van der Waals surface area contributed by atoms with Gasteiger partial charge < -0.3 is 79.3 Å². The van der Waals surface area contributed by atoms with Gasteiger partial charge in [0.05, 0.1) is 32.7 Å². The zero-order valence-electron chi connectivity index (χ0n) is 44.0. The number of rotatable bonds is 35. The van der Waals surface area contributed by atoms with Crippen molar-refractivity contribution in [2.45, 2.75) is 102 Å². The molecular weight excluding hydrogens is 1090 g/mol. The lowest BCUT2D eigenvalue weighted by Gasteiger charge is -2.29. The summed E-state index contributed by atoms with van der Waals surface area (Å²) in [5, 5.41) is 73.3. The molecule has 0 aromatic rings. The van der Waals surface area contributed by atoms with Crippen LogP contribution in [0.15, 0.2) is 4.99 Å². The lowest BCUT2D eigenvalue weighted by molar-refractivity contribution is -0.143.